The van der Waals surface area contributed by atoms with Crippen LogP contribution in [-0.4, -0.2) is 45.5 Å². The predicted molar refractivity (Wildman–Crippen MR) is 65.6 cm³/mol. The second-order valence-electron chi connectivity index (χ2n) is 4.72. The molecular formula is C11H16N2O5S. The van der Waals surface area contributed by atoms with E-state index in [1.165, 1.54) is 7.11 Å². The number of rotatable bonds is 7. The van der Waals surface area contributed by atoms with Crippen LogP contribution < -0.4 is 5.32 Å². The van der Waals surface area contributed by atoms with Gasteiger partial charge in [-0.3, -0.25) is 9.59 Å². The summed E-state index contributed by atoms with van der Waals surface area (Å²) in [5, 5.41) is 10.4. The summed E-state index contributed by atoms with van der Waals surface area (Å²) < 4.78 is 28.2. The van der Waals surface area contributed by atoms with Gasteiger partial charge in [-0.1, -0.05) is 0 Å². The van der Waals surface area contributed by atoms with Crippen LogP contribution in [0.2, 0.25) is 0 Å². The number of methoxy groups -OCH3 is 1. The molecule has 7 nitrogen and oxygen atoms in total. The largest absolute Gasteiger partial charge is 0.469 e. The molecule has 0 saturated heterocycles. The minimum atomic E-state index is -3.59. The quantitative estimate of drug-likeness (QED) is 0.493. The number of carbonyl (C=O) groups excluding carboxylic acids is 2. The topological polar surface area (TPSA) is 113 Å². The number of sulfone groups is 1. The standard InChI is InChI=1S/C11H16N2O5S/c1-18-10(15)6-11(2-3-11)8-19(16,17)7-9(14)13-5-4-12/h2-3,5-8H2,1H3,(H,13,14). The zero-order valence-corrected chi connectivity index (χ0v) is 11.5. The van der Waals surface area contributed by atoms with E-state index < -0.39 is 32.9 Å². The van der Waals surface area contributed by atoms with Crippen molar-refractivity contribution in [2.24, 2.45) is 5.41 Å². The molecule has 1 saturated carbocycles. The fraction of sp³-hybridized carbons (Fsp3) is 0.727. The number of carbonyl (C=O) groups is 2. The molecule has 1 amide bonds. The lowest BCUT2D eigenvalue weighted by Crippen LogP contribution is -2.33. The Morgan fingerprint density at radius 2 is 2.05 bits per heavy atom. The normalized spacial score (nSPS) is 16.2. The summed E-state index contributed by atoms with van der Waals surface area (Å²) in [5.74, 6) is -2.00. The van der Waals surface area contributed by atoms with E-state index in [9.17, 15) is 18.0 Å². The molecule has 19 heavy (non-hydrogen) atoms. The molecule has 106 valence electrons. The van der Waals surface area contributed by atoms with Gasteiger partial charge in [0.15, 0.2) is 9.84 Å². The molecule has 1 aliphatic rings. The highest BCUT2D eigenvalue weighted by Gasteiger charge is 2.48. The number of hydrogen-bond donors (Lipinski definition) is 1. The van der Waals surface area contributed by atoms with E-state index in [1.807, 2.05) is 0 Å². The van der Waals surface area contributed by atoms with Crippen molar-refractivity contribution in [3.05, 3.63) is 0 Å². The molecule has 0 aromatic carbocycles. The molecule has 8 heteroatoms. The molecule has 0 atom stereocenters. The van der Waals surface area contributed by atoms with E-state index in [1.54, 1.807) is 6.07 Å². The highest BCUT2D eigenvalue weighted by Crippen LogP contribution is 2.50. The maximum absolute atomic E-state index is 11.8. The smallest absolute Gasteiger partial charge is 0.306 e. The van der Waals surface area contributed by atoms with E-state index in [4.69, 9.17) is 5.26 Å². The molecule has 0 heterocycles. The zero-order valence-electron chi connectivity index (χ0n) is 10.6. The van der Waals surface area contributed by atoms with Crippen molar-refractivity contribution in [1.82, 2.24) is 5.32 Å². The molecule has 1 rings (SSSR count). The van der Waals surface area contributed by atoms with Crippen LogP contribution in [0.3, 0.4) is 0 Å². The third-order valence-corrected chi connectivity index (χ3v) is 4.70. The van der Waals surface area contributed by atoms with Crippen molar-refractivity contribution in [2.75, 3.05) is 25.2 Å². The minimum Gasteiger partial charge on any atom is -0.469 e. The number of nitriles is 1. The number of nitrogens with one attached hydrogen (secondary N) is 1. The van der Waals surface area contributed by atoms with Gasteiger partial charge in [-0.15, -0.1) is 0 Å². The monoisotopic (exact) mass is 288 g/mol. The summed E-state index contributed by atoms with van der Waals surface area (Å²) in [5.41, 5.74) is -0.568. The van der Waals surface area contributed by atoms with E-state index in [2.05, 4.69) is 10.1 Å². The van der Waals surface area contributed by atoms with E-state index in [0.717, 1.165) is 0 Å². The number of ether oxygens (including phenoxy) is 1. The molecule has 1 aliphatic carbocycles. The lowest BCUT2D eigenvalue weighted by atomic mass is 10.1. The van der Waals surface area contributed by atoms with Gasteiger partial charge in [-0.2, -0.15) is 5.26 Å². The molecule has 1 N–H and O–H groups in total. The van der Waals surface area contributed by atoms with Crippen LogP contribution in [0, 0.1) is 16.7 Å². The summed E-state index contributed by atoms with van der Waals surface area (Å²) in [6.45, 7) is -0.221. The van der Waals surface area contributed by atoms with Gasteiger partial charge in [0.2, 0.25) is 5.91 Å². The van der Waals surface area contributed by atoms with Crippen LogP contribution in [-0.2, 0) is 24.2 Å². The van der Waals surface area contributed by atoms with Crippen molar-refractivity contribution in [1.29, 1.82) is 5.26 Å². The fourth-order valence-electron chi connectivity index (χ4n) is 1.83. The molecule has 0 unspecified atom stereocenters. The third-order valence-electron chi connectivity index (χ3n) is 2.95. The first-order valence-corrected chi connectivity index (χ1v) is 7.55. The van der Waals surface area contributed by atoms with Gasteiger partial charge in [0.25, 0.3) is 0 Å². The van der Waals surface area contributed by atoms with E-state index in [0.29, 0.717) is 12.8 Å². The van der Waals surface area contributed by atoms with Crippen LogP contribution in [0.15, 0.2) is 0 Å². The summed E-state index contributed by atoms with van der Waals surface area (Å²) in [6.07, 6.45) is 1.34. The van der Waals surface area contributed by atoms with Gasteiger partial charge in [0.1, 0.15) is 12.3 Å². The maximum atomic E-state index is 11.8. The van der Waals surface area contributed by atoms with Crippen molar-refractivity contribution >= 4 is 21.7 Å². The summed E-state index contributed by atoms with van der Waals surface area (Å²) >= 11 is 0. The van der Waals surface area contributed by atoms with Gasteiger partial charge in [0, 0.05) is 0 Å². The van der Waals surface area contributed by atoms with Crippen LogP contribution in [0.4, 0.5) is 0 Å². The van der Waals surface area contributed by atoms with Gasteiger partial charge in [0.05, 0.1) is 25.4 Å². The van der Waals surface area contributed by atoms with Crippen LogP contribution in [0.1, 0.15) is 19.3 Å². The van der Waals surface area contributed by atoms with Crippen molar-refractivity contribution < 1.29 is 22.7 Å². The first-order chi connectivity index (χ1) is 8.82. The molecule has 0 spiro atoms. The second kappa shape index (κ2) is 6.02. The second-order valence-corrected chi connectivity index (χ2v) is 6.78. The number of nitrogens with zero attached hydrogens (tertiary/aromatic N) is 1. The number of esters is 1. The molecule has 1 fully saturated rings. The highest BCUT2D eigenvalue weighted by atomic mass is 32.2. The van der Waals surface area contributed by atoms with Crippen LogP contribution in [0.5, 0.6) is 0 Å². The first-order valence-electron chi connectivity index (χ1n) is 5.73. The molecule has 0 aromatic heterocycles. The first kappa shape index (κ1) is 15.4. The van der Waals surface area contributed by atoms with Crippen LogP contribution >= 0.6 is 0 Å². The predicted octanol–water partition coefficient (Wildman–Crippen LogP) is -0.616. The Balaban J connectivity index is 2.53. The molecule has 0 radical (unpaired) electrons. The fourth-order valence-corrected chi connectivity index (χ4v) is 3.76. The van der Waals surface area contributed by atoms with Gasteiger partial charge in [-0.05, 0) is 18.3 Å². The Morgan fingerprint density at radius 3 is 2.53 bits per heavy atom. The molecule has 0 aromatic rings. The van der Waals surface area contributed by atoms with Gasteiger partial charge < -0.3 is 10.1 Å². The average Bonchev–Trinajstić information content (AvgIpc) is 3.03. The number of hydrogen-bond acceptors (Lipinski definition) is 6. The average molecular weight is 288 g/mol. The van der Waals surface area contributed by atoms with Crippen molar-refractivity contribution in [2.45, 2.75) is 19.3 Å². The van der Waals surface area contributed by atoms with Gasteiger partial charge >= 0.3 is 5.97 Å². The minimum absolute atomic E-state index is 0.0581. The summed E-state index contributed by atoms with van der Waals surface area (Å²) in [6, 6.07) is 1.69. The highest BCUT2D eigenvalue weighted by molar-refractivity contribution is 7.92. The van der Waals surface area contributed by atoms with Gasteiger partial charge in [-0.25, -0.2) is 8.42 Å². The third kappa shape index (κ3) is 5.26. The Bertz CT molecular complexity index is 502. The Kier molecular flexibility index (Phi) is 4.89. The number of amides is 1. The van der Waals surface area contributed by atoms with Crippen molar-refractivity contribution in [3.63, 3.8) is 0 Å². The molecule has 0 bridgehead atoms. The van der Waals surface area contributed by atoms with E-state index in [-0.39, 0.29) is 18.7 Å². The lowest BCUT2D eigenvalue weighted by Gasteiger charge is -2.13. The molecular weight excluding hydrogens is 272 g/mol. The summed E-state index contributed by atoms with van der Waals surface area (Å²) in [7, 11) is -2.34. The lowest BCUT2D eigenvalue weighted by molar-refractivity contribution is -0.141. The Morgan fingerprint density at radius 1 is 1.42 bits per heavy atom. The zero-order chi connectivity index (χ0) is 14.5. The Hall–Kier alpha value is -1.62. The Labute approximate surface area is 111 Å². The maximum Gasteiger partial charge on any atom is 0.306 e. The van der Waals surface area contributed by atoms with E-state index >= 15 is 0 Å². The summed E-state index contributed by atoms with van der Waals surface area (Å²) in [4.78, 5) is 22.5. The van der Waals surface area contributed by atoms with Crippen LogP contribution in [0.25, 0.3) is 0 Å². The molecule has 0 aliphatic heterocycles. The van der Waals surface area contributed by atoms with Crippen molar-refractivity contribution in [3.8, 4) is 6.07 Å². The SMILES string of the molecule is COC(=O)CC1(CS(=O)(=O)CC(=O)NCC#N)CC1.